The predicted molar refractivity (Wildman–Crippen MR) is 59.4 cm³/mol. The van der Waals surface area contributed by atoms with Gasteiger partial charge in [0, 0.05) is 18.3 Å². The topological polar surface area (TPSA) is 68.9 Å². The number of nitrogens with one attached hydrogen (secondary N) is 1. The minimum absolute atomic E-state index is 0.0974. The summed E-state index contributed by atoms with van der Waals surface area (Å²) in [6.07, 6.45) is 3.32. The number of rotatable bonds is 4. The van der Waals surface area contributed by atoms with Crippen LogP contribution in [-0.2, 0) is 6.54 Å². The first-order valence-corrected chi connectivity index (χ1v) is 5.52. The summed E-state index contributed by atoms with van der Waals surface area (Å²) < 4.78 is 0. The minimum Gasteiger partial charge on any atom is -0.393 e. The van der Waals surface area contributed by atoms with Crippen LogP contribution >= 0.6 is 0 Å². The van der Waals surface area contributed by atoms with Crippen LogP contribution in [0, 0.1) is 17.2 Å². The van der Waals surface area contributed by atoms with Crippen molar-refractivity contribution >= 4 is 0 Å². The Labute approximate surface area is 94.9 Å². The summed E-state index contributed by atoms with van der Waals surface area (Å²) in [5, 5.41) is 21.3. The average Bonchev–Trinajstić information content (AvgIpc) is 2.27. The zero-order chi connectivity index (χ0) is 11.4. The van der Waals surface area contributed by atoms with Crippen LogP contribution in [0.25, 0.3) is 0 Å². The fraction of sp³-hybridized carbons (Fsp3) is 0.500. The van der Waals surface area contributed by atoms with Gasteiger partial charge < -0.3 is 10.4 Å². The molecule has 84 valence electrons. The Morgan fingerprint density at radius 1 is 1.56 bits per heavy atom. The Bertz CT molecular complexity index is 393. The fourth-order valence-corrected chi connectivity index (χ4v) is 1.96. The number of hydrogen-bond donors (Lipinski definition) is 2. The lowest BCUT2D eigenvalue weighted by Gasteiger charge is -2.31. The van der Waals surface area contributed by atoms with Gasteiger partial charge in [0.1, 0.15) is 11.8 Å². The van der Waals surface area contributed by atoms with E-state index in [0.717, 1.165) is 24.9 Å². The molecule has 0 spiro atoms. The fourth-order valence-electron chi connectivity index (χ4n) is 1.96. The molecule has 1 aromatic rings. The summed E-state index contributed by atoms with van der Waals surface area (Å²) in [6.45, 7) is 1.57. The first-order chi connectivity index (χ1) is 7.79. The number of aliphatic hydroxyl groups excluding tert-OH is 1. The molecule has 1 aliphatic rings. The minimum atomic E-state index is -0.0974. The molecule has 1 heterocycles. The molecule has 1 aliphatic carbocycles. The molecule has 2 rings (SSSR count). The van der Waals surface area contributed by atoms with Crippen molar-refractivity contribution in [2.24, 2.45) is 5.92 Å². The Morgan fingerprint density at radius 2 is 2.38 bits per heavy atom. The lowest BCUT2D eigenvalue weighted by molar-refractivity contribution is 0.0429. The van der Waals surface area contributed by atoms with Gasteiger partial charge in [-0.05, 0) is 31.4 Å². The summed E-state index contributed by atoms with van der Waals surface area (Å²) >= 11 is 0. The second-order valence-electron chi connectivity index (χ2n) is 4.25. The number of hydrogen-bond acceptors (Lipinski definition) is 4. The molecule has 4 nitrogen and oxygen atoms in total. The van der Waals surface area contributed by atoms with Gasteiger partial charge in [-0.1, -0.05) is 6.07 Å². The van der Waals surface area contributed by atoms with Crippen LogP contribution in [0.4, 0.5) is 0 Å². The zero-order valence-corrected chi connectivity index (χ0v) is 9.06. The van der Waals surface area contributed by atoms with E-state index >= 15 is 0 Å². The van der Waals surface area contributed by atoms with Gasteiger partial charge in [0.25, 0.3) is 0 Å². The molecule has 0 aliphatic heterocycles. The number of nitrogens with zero attached hydrogens (tertiary/aromatic N) is 2. The Kier molecular flexibility index (Phi) is 3.50. The van der Waals surface area contributed by atoms with Gasteiger partial charge in [0.15, 0.2) is 0 Å². The van der Waals surface area contributed by atoms with Gasteiger partial charge in [-0.2, -0.15) is 5.26 Å². The van der Waals surface area contributed by atoms with Crippen molar-refractivity contribution in [1.82, 2.24) is 10.3 Å². The molecule has 0 bridgehead atoms. The van der Waals surface area contributed by atoms with E-state index in [-0.39, 0.29) is 6.10 Å². The van der Waals surface area contributed by atoms with Crippen molar-refractivity contribution in [1.29, 1.82) is 5.26 Å². The highest BCUT2D eigenvalue weighted by molar-refractivity contribution is 5.30. The van der Waals surface area contributed by atoms with Crippen LogP contribution in [0.3, 0.4) is 0 Å². The molecule has 4 heteroatoms. The summed E-state index contributed by atoms with van der Waals surface area (Å²) in [5.74, 6) is 0.581. The molecule has 1 fully saturated rings. The highest BCUT2D eigenvalue weighted by Crippen LogP contribution is 2.26. The molecule has 1 saturated carbocycles. The molecular weight excluding hydrogens is 202 g/mol. The Morgan fingerprint density at radius 3 is 3.06 bits per heavy atom. The molecule has 2 N–H and O–H groups in total. The van der Waals surface area contributed by atoms with Crippen molar-refractivity contribution in [3.63, 3.8) is 0 Å². The van der Waals surface area contributed by atoms with Crippen LogP contribution in [0.1, 0.15) is 24.1 Å². The smallest absolute Gasteiger partial charge is 0.144 e. The lowest BCUT2D eigenvalue weighted by Crippen LogP contribution is -2.36. The van der Waals surface area contributed by atoms with E-state index in [4.69, 9.17) is 10.4 Å². The molecule has 0 aromatic carbocycles. The quantitative estimate of drug-likeness (QED) is 0.783. The van der Waals surface area contributed by atoms with E-state index in [0.29, 0.717) is 18.2 Å². The number of pyridine rings is 1. The van der Waals surface area contributed by atoms with Gasteiger partial charge in [-0.25, -0.2) is 4.98 Å². The van der Waals surface area contributed by atoms with Gasteiger partial charge in [-0.3, -0.25) is 0 Å². The van der Waals surface area contributed by atoms with E-state index in [2.05, 4.69) is 16.4 Å². The van der Waals surface area contributed by atoms with Crippen LogP contribution in [-0.4, -0.2) is 22.7 Å². The molecule has 1 aromatic heterocycles. The third kappa shape index (κ3) is 2.57. The maximum atomic E-state index is 9.14. The molecule has 0 atom stereocenters. The van der Waals surface area contributed by atoms with Gasteiger partial charge in [-0.15, -0.1) is 0 Å². The molecule has 0 amide bonds. The number of aliphatic hydroxyl groups is 1. The molecule has 16 heavy (non-hydrogen) atoms. The third-order valence-corrected chi connectivity index (χ3v) is 2.96. The van der Waals surface area contributed by atoms with Crippen LogP contribution in [0.15, 0.2) is 18.3 Å². The molecule has 0 radical (unpaired) electrons. The van der Waals surface area contributed by atoms with Crippen LogP contribution in [0.5, 0.6) is 0 Å². The Balaban J connectivity index is 1.79. The number of aromatic nitrogens is 1. The maximum Gasteiger partial charge on any atom is 0.144 e. The van der Waals surface area contributed by atoms with Crippen molar-refractivity contribution < 1.29 is 5.11 Å². The normalized spacial score (nSPS) is 23.5. The van der Waals surface area contributed by atoms with Crippen molar-refractivity contribution in [3.05, 3.63) is 29.6 Å². The van der Waals surface area contributed by atoms with E-state index in [1.54, 1.807) is 6.20 Å². The Hall–Kier alpha value is -1.44. The highest BCUT2D eigenvalue weighted by Gasteiger charge is 2.26. The number of nitriles is 1. The second kappa shape index (κ2) is 5.06. The van der Waals surface area contributed by atoms with Crippen LogP contribution in [0.2, 0.25) is 0 Å². The molecule has 0 unspecified atom stereocenters. The predicted octanol–water partition coefficient (Wildman–Crippen LogP) is 0.814. The van der Waals surface area contributed by atoms with Gasteiger partial charge in [0.05, 0.1) is 6.10 Å². The summed E-state index contributed by atoms with van der Waals surface area (Å²) in [4.78, 5) is 4.00. The third-order valence-electron chi connectivity index (χ3n) is 2.96. The van der Waals surface area contributed by atoms with Crippen molar-refractivity contribution in [2.45, 2.75) is 25.5 Å². The standard InChI is InChI=1S/C12H15N3O/c13-6-12-10(2-1-3-15-12)8-14-7-9-4-11(16)5-9/h1-3,9,11,14,16H,4-5,7-8H2. The summed E-state index contributed by atoms with van der Waals surface area (Å²) in [6, 6.07) is 5.83. The van der Waals surface area contributed by atoms with E-state index in [1.165, 1.54) is 0 Å². The van der Waals surface area contributed by atoms with E-state index < -0.39 is 0 Å². The zero-order valence-electron chi connectivity index (χ0n) is 9.06. The highest BCUT2D eigenvalue weighted by atomic mass is 16.3. The van der Waals surface area contributed by atoms with Crippen LogP contribution < -0.4 is 5.32 Å². The van der Waals surface area contributed by atoms with Gasteiger partial charge in [0.2, 0.25) is 0 Å². The first kappa shape index (κ1) is 11.1. The monoisotopic (exact) mass is 217 g/mol. The van der Waals surface area contributed by atoms with Crippen molar-refractivity contribution in [3.8, 4) is 6.07 Å². The SMILES string of the molecule is N#Cc1ncccc1CNCC1CC(O)C1. The van der Waals surface area contributed by atoms with Gasteiger partial charge >= 0.3 is 0 Å². The largest absolute Gasteiger partial charge is 0.393 e. The lowest BCUT2D eigenvalue weighted by atomic mass is 9.82. The average molecular weight is 217 g/mol. The summed E-state index contributed by atoms with van der Waals surface area (Å²) in [7, 11) is 0. The first-order valence-electron chi connectivity index (χ1n) is 5.52. The maximum absolute atomic E-state index is 9.14. The molecule has 0 saturated heterocycles. The van der Waals surface area contributed by atoms with E-state index in [1.807, 2.05) is 12.1 Å². The van der Waals surface area contributed by atoms with E-state index in [9.17, 15) is 0 Å². The summed E-state index contributed by atoms with van der Waals surface area (Å²) in [5.41, 5.74) is 1.42. The molecular formula is C12H15N3O. The van der Waals surface area contributed by atoms with Crippen molar-refractivity contribution in [2.75, 3.05) is 6.54 Å². The second-order valence-corrected chi connectivity index (χ2v) is 4.25.